The lowest BCUT2D eigenvalue weighted by Crippen LogP contribution is -2.17. The fourth-order valence-electron chi connectivity index (χ4n) is 3.57. The highest BCUT2D eigenvalue weighted by Crippen LogP contribution is 2.29. The van der Waals surface area contributed by atoms with Gasteiger partial charge in [-0.15, -0.1) is 10.2 Å². The maximum Gasteiger partial charge on any atom is 0.277 e. The standard InChI is InChI=1S/C21H22BrN3O3S/c1-13-10-17(14(2)25(13)11-15-6-5-9-27-15)19(26)12-29-21-24-23-20(28-21)16-7-3-4-8-18(16)22/h3-4,7-8,10,15H,5-6,9,11-12H2,1-2H3. The minimum absolute atomic E-state index is 0.0577. The van der Waals surface area contributed by atoms with Gasteiger partial charge < -0.3 is 13.7 Å². The molecule has 1 aliphatic heterocycles. The van der Waals surface area contributed by atoms with Gasteiger partial charge in [-0.05, 0) is 60.8 Å². The van der Waals surface area contributed by atoms with E-state index in [1.54, 1.807) is 0 Å². The van der Waals surface area contributed by atoms with Crippen LogP contribution in [0.1, 0.15) is 34.6 Å². The second-order valence-electron chi connectivity index (χ2n) is 7.10. The van der Waals surface area contributed by atoms with E-state index in [4.69, 9.17) is 9.15 Å². The summed E-state index contributed by atoms with van der Waals surface area (Å²) >= 11 is 4.75. The Balaban J connectivity index is 1.42. The van der Waals surface area contributed by atoms with Crippen molar-refractivity contribution in [2.45, 2.75) is 44.6 Å². The van der Waals surface area contributed by atoms with Crippen molar-refractivity contribution in [1.82, 2.24) is 14.8 Å². The van der Waals surface area contributed by atoms with Crippen molar-refractivity contribution >= 4 is 33.5 Å². The Morgan fingerprint density at radius 3 is 2.90 bits per heavy atom. The molecule has 0 saturated carbocycles. The highest BCUT2D eigenvalue weighted by molar-refractivity contribution is 9.10. The maximum absolute atomic E-state index is 12.8. The molecule has 6 nitrogen and oxygen atoms in total. The van der Waals surface area contributed by atoms with Gasteiger partial charge in [-0.1, -0.05) is 23.9 Å². The van der Waals surface area contributed by atoms with E-state index < -0.39 is 0 Å². The smallest absolute Gasteiger partial charge is 0.277 e. The summed E-state index contributed by atoms with van der Waals surface area (Å²) in [6.45, 7) is 5.67. The predicted molar refractivity (Wildman–Crippen MR) is 115 cm³/mol. The number of ether oxygens (including phenoxy) is 1. The van der Waals surface area contributed by atoms with Gasteiger partial charge in [0.15, 0.2) is 5.78 Å². The number of Topliss-reactive ketones (excluding diaryl/α,β-unsaturated/α-hetero) is 1. The van der Waals surface area contributed by atoms with Crippen molar-refractivity contribution in [3.63, 3.8) is 0 Å². The summed E-state index contributed by atoms with van der Waals surface area (Å²) in [6.07, 6.45) is 2.43. The molecule has 1 unspecified atom stereocenters. The van der Waals surface area contributed by atoms with Gasteiger partial charge in [-0.25, -0.2) is 0 Å². The number of halogens is 1. The molecule has 1 aromatic carbocycles. The summed E-state index contributed by atoms with van der Waals surface area (Å²) < 4.78 is 14.5. The predicted octanol–water partition coefficient (Wildman–Crippen LogP) is 5.07. The molecule has 1 saturated heterocycles. The van der Waals surface area contributed by atoms with Crippen LogP contribution in [0.4, 0.5) is 0 Å². The number of rotatable bonds is 7. The summed E-state index contributed by atoms with van der Waals surface area (Å²) in [5.41, 5.74) is 3.65. The Morgan fingerprint density at radius 2 is 2.14 bits per heavy atom. The van der Waals surface area contributed by atoms with Gasteiger partial charge >= 0.3 is 0 Å². The van der Waals surface area contributed by atoms with Crippen LogP contribution < -0.4 is 0 Å². The van der Waals surface area contributed by atoms with Gasteiger partial charge in [0, 0.05) is 34.6 Å². The molecule has 0 N–H and O–H groups in total. The number of hydrogen-bond acceptors (Lipinski definition) is 6. The van der Waals surface area contributed by atoms with E-state index in [2.05, 4.69) is 30.7 Å². The molecule has 1 fully saturated rings. The number of carbonyl (C=O) groups excluding carboxylic acids is 1. The van der Waals surface area contributed by atoms with Gasteiger partial charge in [-0.2, -0.15) is 0 Å². The number of nitrogens with zero attached hydrogens (tertiary/aromatic N) is 3. The zero-order valence-corrected chi connectivity index (χ0v) is 18.8. The molecule has 152 valence electrons. The molecule has 2 aromatic heterocycles. The quantitative estimate of drug-likeness (QED) is 0.350. The molecule has 3 heterocycles. The SMILES string of the molecule is Cc1cc(C(=O)CSc2nnc(-c3ccccc3Br)o2)c(C)n1CC1CCCO1. The van der Waals surface area contributed by atoms with E-state index >= 15 is 0 Å². The molecular formula is C21H22BrN3O3S. The Hall–Kier alpha value is -1.90. The first-order valence-electron chi connectivity index (χ1n) is 9.55. The van der Waals surface area contributed by atoms with E-state index in [0.29, 0.717) is 11.1 Å². The topological polar surface area (TPSA) is 70.2 Å². The monoisotopic (exact) mass is 475 g/mol. The Bertz CT molecular complexity index is 1020. The van der Waals surface area contributed by atoms with E-state index in [1.807, 2.05) is 44.2 Å². The van der Waals surface area contributed by atoms with Crippen molar-refractivity contribution in [3.05, 3.63) is 51.8 Å². The molecule has 29 heavy (non-hydrogen) atoms. The number of ketones is 1. The van der Waals surface area contributed by atoms with Crippen molar-refractivity contribution in [3.8, 4) is 11.5 Å². The first-order valence-corrected chi connectivity index (χ1v) is 11.3. The Kier molecular flexibility index (Phi) is 6.22. The molecule has 0 amide bonds. The van der Waals surface area contributed by atoms with Crippen LogP contribution in [0.15, 0.2) is 44.4 Å². The van der Waals surface area contributed by atoms with Crippen LogP contribution in [-0.2, 0) is 11.3 Å². The summed E-state index contributed by atoms with van der Waals surface area (Å²) in [7, 11) is 0. The minimum Gasteiger partial charge on any atom is -0.411 e. The molecule has 0 spiro atoms. The van der Waals surface area contributed by atoms with Gasteiger partial charge in [0.05, 0.1) is 17.4 Å². The zero-order chi connectivity index (χ0) is 20.4. The van der Waals surface area contributed by atoms with Crippen molar-refractivity contribution < 1.29 is 13.9 Å². The van der Waals surface area contributed by atoms with E-state index in [-0.39, 0.29) is 17.6 Å². The Morgan fingerprint density at radius 1 is 1.31 bits per heavy atom. The lowest BCUT2D eigenvalue weighted by atomic mass is 10.2. The van der Waals surface area contributed by atoms with E-state index in [1.165, 1.54) is 11.8 Å². The number of benzene rings is 1. The van der Waals surface area contributed by atoms with E-state index in [9.17, 15) is 4.79 Å². The van der Waals surface area contributed by atoms with Crippen LogP contribution in [0, 0.1) is 13.8 Å². The molecule has 0 bridgehead atoms. The maximum atomic E-state index is 12.8. The van der Waals surface area contributed by atoms with Crippen LogP contribution in [0.5, 0.6) is 0 Å². The summed E-state index contributed by atoms with van der Waals surface area (Å²) in [5, 5.41) is 8.55. The van der Waals surface area contributed by atoms with Gasteiger partial charge in [0.1, 0.15) is 0 Å². The molecule has 3 aromatic rings. The number of hydrogen-bond donors (Lipinski definition) is 0. The highest BCUT2D eigenvalue weighted by Gasteiger charge is 2.21. The van der Waals surface area contributed by atoms with Gasteiger partial charge in [0.2, 0.25) is 5.89 Å². The van der Waals surface area contributed by atoms with Gasteiger partial charge in [0.25, 0.3) is 5.22 Å². The fraction of sp³-hybridized carbons (Fsp3) is 0.381. The largest absolute Gasteiger partial charge is 0.411 e. The third-order valence-corrected chi connectivity index (χ3v) is 6.63. The summed E-state index contributed by atoms with van der Waals surface area (Å²) in [4.78, 5) is 12.8. The molecule has 1 atom stereocenters. The molecule has 1 aliphatic rings. The normalized spacial score (nSPS) is 16.4. The van der Waals surface area contributed by atoms with Crippen LogP contribution in [-0.4, -0.2) is 39.0 Å². The molecule has 0 radical (unpaired) electrons. The average Bonchev–Trinajstić information content (AvgIpc) is 3.44. The number of aromatic nitrogens is 3. The zero-order valence-electron chi connectivity index (χ0n) is 16.4. The second kappa shape index (κ2) is 8.85. The van der Waals surface area contributed by atoms with E-state index in [0.717, 1.165) is 53.0 Å². The van der Waals surface area contributed by atoms with Gasteiger partial charge in [-0.3, -0.25) is 4.79 Å². The minimum atomic E-state index is 0.0577. The summed E-state index contributed by atoms with van der Waals surface area (Å²) in [6, 6.07) is 9.62. The molecule has 0 aliphatic carbocycles. The van der Waals surface area contributed by atoms with Crippen molar-refractivity contribution in [1.29, 1.82) is 0 Å². The number of aryl methyl sites for hydroxylation is 1. The van der Waals surface area contributed by atoms with Crippen LogP contribution in [0.2, 0.25) is 0 Å². The summed E-state index contributed by atoms with van der Waals surface area (Å²) in [5.74, 6) is 0.742. The van der Waals surface area contributed by atoms with Crippen LogP contribution in [0.25, 0.3) is 11.5 Å². The number of carbonyl (C=O) groups is 1. The highest BCUT2D eigenvalue weighted by atomic mass is 79.9. The molecule has 8 heteroatoms. The van der Waals surface area contributed by atoms with Crippen molar-refractivity contribution in [2.24, 2.45) is 0 Å². The lowest BCUT2D eigenvalue weighted by Gasteiger charge is -2.14. The molecule has 4 rings (SSSR count). The third-order valence-electron chi connectivity index (χ3n) is 5.12. The average molecular weight is 476 g/mol. The second-order valence-corrected chi connectivity index (χ2v) is 8.88. The van der Waals surface area contributed by atoms with Crippen LogP contribution >= 0.6 is 27.7 Å². The van der Waals surface area contributed by atoms with Crippen LogP contribution in [0.3, 0.4) is 0 Å². The number of thioether (sulfide) groups is 1. The fourth-order valence-corrected chi connectivity index (χ4v) is 4.67. The first-order chi connectivity index (χ1) is 14.0. The lowest BCUT2D eigenvalue weighted by molar-refractivity contribution is 0.0957. The molecular weight excluding hydrogens is 454 g/mol. The Labute approximate surface area is 182 Å². The van der Waals surface area contributed by atoms with Crippen molar-refractivity contribution in [2.75, 3.05) is 12.4 Å². The third kappa shape index (κ3) is 4.49. The first kappa shape index (κ1) is 20.4.